The van der Waals surface area contributed by atoms with Crippen molar-refractivity contribution in [1.82, 2.24) is 20.9 Å². The van der Waals surface area contributed by atoms with Crippen LogP contribution >= 0.6 is 24.0 Å². The lowest BCUT2D eigenvalue weighted by atomic mass is 10.1. The molecule has 1 atom stereocenters. The second-order valence-corrected chi connectivity index (χ2v) is 6.96. The number of carbonyl (C=O) groups is 1. The first-order chi connectivity index (χ1) is 13.2. The minimum absolute atomic E-state index is 0. The number of amides is 1. The fourth-order valence-corrected chi connectivity index (χ4v) is 3.42. The minimum atomic E-state index is -0.0198. The van der Waals surface area contributed by atoms with Crippen LogP contribution in [0.2, 0.25) is 0 Å². The lowest BCUT2D eigenvalue weighted by Gasteiger charge is -2.24. The molecule has 0 saturated carbocycles. The van der Waals surface area contributed by atoms with Crippen LogP contribution in [0.1, 0.15) is 56.0 Å². The van der Waals surface area contributed by atoms with Gasteiger partial charge in [-0.15, -0.1) is 24.0 Å². The lowest BCUT2D eigenvalue weighted by molar-refractivity contribution is 0.0953. The van der Waals surface area contributed by atoms with Crippen molar-refractivity contribution in [2.75, 3.05) is 32.7 Å². The van der Waals surface area contributed by atoms with Crippen LogP contribution in [0.3, 0.4) is 0 Å². The number of hydrogen-bond acceptors (Lipinski definition) is 3. The van der Waals surface area contributed by atoms with Gasteiger partial charge in [0.2, 0.25) is 0 Å². The molecule has 2 rings (SSSR count). The van der Waals surface area contributed by atoms with Crippen LogP contribution in [-0.2, 0) is 6.54 Å². The number of likely N-dealkylation sites (tertiary alicyclic amines) is 1. The SMILES string of the molecule is CCCNC(=O)c1cccc(CN=C(NCC)NCC2CCCN2CC)c1.I. The summed E-state index contributed by atoms with van der Waals surface area (Å²) in [5.74, 6) is 0.815. The highest BCUT2D eigenvalue weighted by atomic mass is 127. The van der Waals surface area contributed by atoms with Crippen LogP contribution in [-0.4, -0.2) is 55.5 Å². The molecule has 0 bridgehead atoms. The van der Waals surface area contributed by atoms with Crippen molar-refractivity contribution in [3.63, 3.8) is 0 Å². The summed E-state index contributed by atoms with van der Waals surface area (Å²) in [5.41, 5.74) is 1.73. The fourth-order valence-electron chi connectivity index (χ4n) is 3.42. The Labute approximate surface area is 187 Å². The van der Waals surface area contributed by atoms with E-state index in [0.717, 1.165) is 37.6 Å². The van der Waals surface area contributed by atoms with E-state index in [4.69, 9.17) is 4.99 Å². The summed E-state index contributed by atoms with van der Waals surface area (Å²) in [6.07, 6.45) is 3.46. The molecule has 1 aromatic carbocycles. The molecule has 1 heterocycles. The first-order valence-corrected chi connectivity index (χ1v) is 10.3. The molecule has 1 aliphatic rings. The first kappa shape index (κ1) is 24.7. The normalized spacial score (nSPS) is 17.1. The third-order valence-electron chi connectivity index (χ3n) is 4.90. The molecule has 3 N–H and O–H groups in total. The van der Waals surface area contributed by atoms with E-state index in [1.807, 2.05) is 31.2 Å². The van der Waals surface area contributed by atoms with Crippen LogP contribution in [0.15, 0.2) is 29.3 Å². The van der Waals surface area contributed by atoms with Crippen LogP contribution in [0, 0.1) is 0 Å². The van der Waals surface area contributed by atoms with Gasteiger partial charge in [-0.3, -0.25) is 9.69 Å². The maximum atomic E-state index is 12.1. The van der Waals surface area contributed by atoms with Crippen molar-refractivity contribution in [2.45, 2.75) is 52.6 Å². The number of halogens is 1. The Morgan fingerprint density at radius 3 is 2.75 bits per heavy atom. The van der Waals surface area contributed by atoms with Gasteiger partial charge in [-0.2, -0.15) is 0 Å². The number of hydrogen-bond donors (Lipinski definition) is 3. The van der Waals surface area contributed by atoms with Gasteiger partial charge in [0.15, 0.2) is 5.96 Å². The average molecular weight is 501 g/mol. The van der Waals surface area contributed by atoms with Gasteiger partial charge in [-0.25, -0.2) is 4.99 Å². The van der Waals surface area contributed by atoms with Crippen LogP contribution in [0.4, 0.5) is 0 Å². The van der Waals surface area contributed by atoms with E-state index in [2.05, 4.69) is 34.7 Å². The van der Waals surface area contributed by atoms with Crippen molar-refractivity contribution in [3.8, 4) is 0 Å². The number of aliphatic imine (C=N–C) groups is 1. The van der Waals surface area contributed by atoms with Crippen LogP contribution < -0.4 is 16.0 Å². The van der Waals surface area contributed by atoms with Gasteiger partial charge in [0.25, 0.3) is 5.91 Å². The Bertz CT molecular complexity index is 623. The molecule has 6 nitrogen and oxygen atoms in total. The van der Waals surface area contributed by atoms with Crippen molar-refractivity contribution >= 4 is 35.8 Å². The molecule has 0 aliphatic carbocycles. The minimum Gasteiger partial charge on any atom is -0.357 e. The molecular formula is C21H36IN5O. The van der Waals surface area contributed by atoms with Gasteiger partial charge in [-0.05, 0) is 57.0 Å². The van der Waals surface area contributed by atoms with Gasteiger partial charge in [0, 0.05) is 31.2 Å². The largest absolute Gasteiger partial charge is 0.357 e. The zero-order valence-corrected chi connectivity index (χ0v) is 19.8. The Morgan fingerprint density at radius 2 is 2.04 bits per heavy atom. The van der Waals surface area contributed by atoms with Gasteiger partial charge in [-0.1, -0.05) is 26.0 Å². The number of nitrogens with zero attached hydrogens (tertiary/aromatic N) is 2. The predicted octanol–water partition coefficient (Wildman–Crippen LogP) is 2.98. The zero-order chi connectivity index (χ0) is 19.5. The maximum absolute atomic E-state index is 12.1. The summed E-state index contributed by atoms with van der Waals surface area (Å²) in [7, 11) is 0. The summed E-state index contributed by atoms with van der Waals surface area (Å²) in [6, 6.07) is 8.29. The first-order valence-electron chi connectivity index (χ1n) is 10.3. The van der Waals surface area contributed by atoms with Gasteiger partial charge in [0.1, 0.15) is 0 Å². The van der Waals surface area contributed by atoms with Crippen molar-refractivity contribution < 1.29 is 4.79 Å². The fraction of sp³-hybridized carbons (Fsp3) is 0.619. The number of rotatable bonds is 9. The van der Waals surface area contributed by atoms with E-state index < -0.39 is 0 Å². The summed E-state index contributed by atoms with van der Waals surface area (Å²) < 4.78 is 0. The smallest absolute Gasteiger partial charge is 0.251 e. The van der Waals surface area contributed by atoms with Gasteiger partial charge in [0.05, 0.1) is 6.54 Å². The Hall–Kier alpha value is -1.35. The molecule has 1 aliphatic heterocycles. The van der Waals surface area contributed by atoms with E-state index in [1.165, 1.54) is 19.4 Å². The van der Waals surface area contributed by atoms with E-state index in [1.54, 1.807) is 0 Å². The van der Waals surface area contributed by atoms with Crippen molar-refractivity contribution in [1.29, 1.82) is 0 Å². The van der Waals surface area contributed by atoms with Crippen LogP contribution in [0.5, 0.6) is 0 Å². The highest BCUT2D eigenvalue weighted by Crippen LogP contribution is 2.15. The number of benzene rings is 1. The van der Waals surface area contributed by atoms with Crippen LogP contribution in [0.25, 0.3) is 0 Å². The standard InChI is InChI=1S/C21H35N5O.HI/c1-4-12-23-20(27)18-10-7-9-17(14-18)15-24-21(22-5-2)25-16-19-11-8-13-26(19)6-3;/h7,9-10,14,19H,4-6,8,11-13,15-16H2,1-3H3,(H,23,27)(H2,22,24,25);1H. The maximum Gasteiger partial charge on any atom is 0.251 e. The average Bonchev–Trinajstić information content (AvgIpc) is 3.16. The number of nitrogens with one attached hydrogen (secondary N) is 3. The monoisotopic (exact) mass is 501 g/mol. The molecule has 7 heteroatoms. The highest BCUT2D eigenvalue weighted by Gasteiger charge is 2.22. The molecule has 1 amide bonds. The topological polar surface area (TPSA) is 68.8 Å². The van der Waals surface area contributed by atoms with E-state index in [0.29, 0.717) is 24.7 Å². The Balaban J connectivity index is 0.00000392. The molecule has 1 unspecified atom stereocenters. The summed E-state index contributed by atoms with van der Waals surface area (Å²) in [6.45, 7) is 11.6. The third-order valence-corrected chi connectivity index (χ3v) is 4.90. The summed E-state index contributed by atoms with van der Waals surface area (Å²) >= 11 is 0. The summed E-state index contributed by atoms with van der Waals surface area (Å²) in [5, 5.41) is 9.71. The van der Waals surface area contributed by atoms with E-state index in [-0.39, 0.29) is 29.9 Å². The molecule has 1 aromatic rings. The Morgan fingerprint density at radius 1 is 1.21 bits per heavy atom. The highest BCUT2D eigenvalue weighted by molar-refractivity contribution is 14.0. The van der Waals surface area contributed by atoms with E-state index in [9.17, 15) is 4.79 Å². The molecular weight excluding hydrogens is 465 g/mol. The molecule has 0 aromatic heterocycles. The molecule has 158 valence electrons. The second-order valence-electron chi connectivity index (χ2n) is 6.96. The lowest BCUT2D eigenvalue weighted by Crippen LogP contribution is -2.44. The summed E-state index contributed by atoms with van der Waals surface area (Å²) in [4.78, 5) is 19.4. The number of guanidine groups is 1. The molecule has 0 spiro atoms. The predicted molar refractivity (Wildman–Crippen MR) is 128 cm³/mol. The molecule has 28 heavy (non-hydrogen) atoms. The Kier molecular flexibility index (Phi) is 12.1. The van der Waals surface area contributed by atoms with Crippen molar-refractivity contribution in [2.24, 2.45) is 4.99 Å². The molecule has 1 fully saturated rings. The zero-order valence-electron chi connectivity index (χ0n) is 17.5. The van der Waals surface area contributed by atoms with E-state index >= 15 is 0 Å². The van der Waals surface area contributed by atoms with Gasteiger partial charge < -0.3 is 16.0 Å². The molecule has 0 radical (unpaired) electrons. The second kappa shape index (κ2) is 13.8. The third kappa shape index (κ3) is 7.95. The number of likely N-dealkylation sites (N-methyl/N-ethyl adjacent to an activating group) is 1. The van der Waals surface area contributed by atoms with Gasteiger partial charge >= 0.3 is 0 Å². The number of carbonyl (C=O) groups excluding carboxylic acids is 1. The quantitative estimate of drug-likeness (QED) is 0.277. The van der Waals surface area contributed by atoms with Crippen molar-refractivity contribution in [3.05, 3.63) is 35.4 Å². The molecule has 1 saturated heterocycles.